The van der Waals surface area contributed by atoms with E-state index in [1.54, 1.807) is 49.4 Å². The largest absolute Gasteiger partial charge is 0.478 e. The molecular formula is C26H26ClN5O2S. The van der Waals surface area contributed by atoms with E-state index in [0.717, 1.165) is 26.5 Å². The van der Waals surface area contributed by atoms with Crippen LogP contribution in [0.2, 0.25) is 5.02 Å². The number of amides is 1. The predicted octanol–water partition coefficient (Wildman–Crippen LogP) is 5.10. The summed E-state index contributed by atoms with van der Waals surface area (Å²) in [5.41, 5.74) is 6.20. The van der Waals surface area contributed by atoms with E-state index in [-0.39, 0.29) is 11.9 Å². The van der Waals surface area contributed by atoms with Crippen LogP contribution in [0.3, 0.4) is 0 Å². The molecule has 3 heterocycles. The molecule has 0 radical (unpaired) electrons. The normalized spacial score (nSPS) is 14.4. The summed E-state index contributed by atoms with van der Waals surface area (Å²) >= 11 is 7.56. The molecule has 0 unspecified atom stereocenters. The molecule has 35 heavy (non-hydrogen) atoms. The van der Waals surface area contributed by atoms with Gasteiger partial charge in [0.05, 0.1) is 5.39 Å². The second-order valence-corrected chi connectivity index (χ2v) is 10.4. The molecule has 2 aromatic carbocycles. The van der Waals surface area contributed by atoms with Crippen LogP contribution in [0.4, 0.5) is 11.8 Å². The Hall–Kier alpha value is -3.36. The van der Waals surface area contributed by atoms with Crippen molar-refractivity contribution in [3.63, 3.8) is 0 Å². The van der Waals surface area contributed by atoms with Crippen LogP contribution in [0.5, 0.6) is 5.75 Å². The Kier molecular flexibility index (Phi) is 6.25. The van der Waals surface area contributed by atoms with E-state index in [2.05, 4.69) is 33.1 Å². The molecule has 0 spiro atoms. The molecule has 1 fully saturated rings. The molecule has 1 amide bonds. The SMILES string of the molecule is CC(C)(Oc1ccc(Cl)cc1)C(=O)N1CCN(c2nc(N)nc3sc(-c4ccccc4)cc23)CC1. The molecule has 2 aromatic heterocycles. The summed E-state index contributed by atoms with van der Waals surface area (Å²) in [6, 6.07) is 19.4. The maximum Gasteiger partial charge on any atom is 0.266 e. The number of piperazine rings is 1. The number of nitrogen functional groups attached to an aromatic ring is 1. The molecule has 0 aliphatic carbocycles. The third-order valence-electron chi connectivity index (χ3n) is 6.02. The van der Waals surface area contributed by atoms with Gasteiger partial charge in [0, 0.05) is 36.1 Å². The molecule has 0 saturated carbocycles. The minimum Gasteiger partial charge on any atom is -0.478 e. The molecule has 1 aliphatic rings. The molecule has 2 N–H and O–H groups in total. The number of nitrogens with two attached hydrogens (primary N) is 1. The van der Waals surface area contributed by atoms with E-state index >= 15 is 0 Å². The number of halogens is 1. The average molecular weight is 508 g/mol. The highest BCUT2D eigenvalue weighted by Gasteiger charge is 2.36. The van der Waals surface area contributed by atoms with Crippen LogP contribution in [0.25, 0.3) is 20.7 Å². The third-order valence-corrected chi connectivity index (χ3v) is 7.35. The van der Waals surface area contributed by atoms with Crippen LogP contribution in [0.15, 0.2) is 60.7 Å². The summed E-state index contributed by atoms with van der Waals surface area (Å²) in [6.45, 7) is 6.00. The third kappa shape index (κ3) is 4.90. The smallest absolute Gasteiger partial charge is 0.266 e. The van der Waals surface area contributed by atoms with Crippen molar-refractivity contribution in [3.05, 3.63) is 65.7 Å². The lowest BCUT2D eigenvalue weighted by Gasteiger charge is -2.39. The van der Waals surface area contributed by atoms with Gasteiger partial charge in [0.1, 0.15) is 16.4 Å². The maximum atomic E-state index is 13.3. The lowest BCUT2D eigenvalue weighted by molar-refractivity contribution is -0.145. The highest BCUT2D eigenvalue weighted by molar-refractivity contribution is 7.22. The summed E-state index contributed by atoms with van der Waals surface area (Å²) in [6.07, 6.45) is 0. The summed E-state index contributed by atoms with van der Waals surface area (Å²) in [7, 11) is 0. The summed E-state index contributed by atoms with van der Waals surface area (Å²) in [5, 5.41) is 1.60. The Bertz CT molecular complexity index is 1350. The van der Waals surface area contributed by atoms with Gasteiger partial charge >= 0.3 is 0 Å². The highest BCUT2D eigenvalue weighted by Crippen LogP contribution is 2.37. The van der Waals surface area contributed by atoms with Gasteiger partial charge in [-0.3, -0.25) is 4.79 Å². The van der Waals surface area contributed by atoms with Gasteiger partial charge in [-0.15, -0.1) is 11.3 Å². The van der Waals surface area contributed by atoms with E-state index in [1.807, 2.05) is 23.1 Å². The molecule has 1 aliphatic heterocycles. The predicted molar refractivity (Wildman–Crippen MR) is 142 cm³/mol. The summed E-state index contributed by atoms with van der Waals surface area (Å²) in [4.78, 5) is 28.3. The van der Waals surface area contributed by atoms with E-state index in [9.17, 15) is 4.79 Å². The minimum absolute atomic E-state index is 0.0543. The van der Waals surface area contributed by atoms with Gasteiger partial charge < -0.3 is 20.3 Å². The molecule has 4 aromatic rings. The molecular weight excluding hydrogens is 482 g/mol. The minimum atomic E-state index is -0.999. The molecule has 5 rings (SSSR count). The fourth-order valence-electron chi connectivity index (χ4n) is 4.25. The van der Waals surface area contributed by atoms with Gasteiger partial charge in [-0.1, -0.05) is 41.9 Å². The molecule has 180 valence electrons. The Labute approximate surface area is 213 Å². The molecule has 9 heteroatoms. The zero-order valence-corrected chi connectivity index (χ0v) is 21.1. The fourth-order valence-corrected chi connectivity index (χ4v) is 5.42. The van der Waals surface area contributed by atoms with E-state index in [1.165, 1.54) is 0 Å². The molecule has 1 saturated heterocycles. The number of anilines is 2. The zero-order chi connectivity index (χ0) is 24.6. The van der Waals surface area contributed by atoms with Gasteiger partial charge in [-0.05, 0) is 49.7 Å². The van der Waals surface area contributed by atoms with Gasteiger partial charge in [0.15, 0.2) is 5.60 Å². The van der Waals surface area contributed by atoms with E-state index < -0.39 is 5.60 Å². The number of hydrogen-bond acceptors (Lipinski definition) is 7. The Morgan fingerprint density at radius 3 is 2.40 bits per heavy atom. The second kappa shape index (κ2) is 9.36. The first-order valence-electron chi connectivity index (χ1n) is 11.4. The van der Waals surface area contributed by atoms with Crippen molar-refractivity contribution < 1.29 is 9.53 Å². The van der Waals surface area contributed by atoms with Gasteiger partial charge in [0.25, 0.3) is 5.91 Å². The number of ether oxygens (including phenoxy) is 1. The first kappa shape index (κ1) is 23.4. The number of carbonyl (C=O) groups is 1. The zero-order valence-electron chi connectivity index (χ0n) is 19.6. The van der Waals surface area contributed by atoms with E-state index in [0.29, 0.717) is 37.0 Å². The molecule has 7 nitrogen and oxygen atoms in total. The van der Waals surface area contributed by atoms with Crippen molar-refractivity contribution in [2.75, 3.05) is 36.8 Å². The van der Waals surface area contributed by atoms with E-state index in [4.69, 9.17) is 22.1 Å². The van der Waals surface area contributed by atoms with Gasteiger partial charge in [-0.2, -0.15) is 4.98 Å². The lowest BCUT2D eigenvalue weighted by Crippen LogP contribution is -2.56. The number of thiophene rings is 1. The number of benzene rings is 2. The first-order chi connectivity index (χ1) is 16.8. The number of carbonyl (C=O) groups excluding carboxylic acids is 1. The second-order valence-electron chi connectivity index (χ2n) is 8.95. The topological polar surface area (TPSA) is 84.6 Å². The molecule has 0 bridgehead atoms. The van der Waals surface area contributed by atoms with Gasteiger partial charge in [-0.25, -0.2) is 4.98 Å². The maximum absolute atomic E-state index is 13.3. The van der Waals surface area contributed by atoms with Crippen LogP contribution in [-0.2, 0) is 4.79 Å². The first-order valence-corrected chi connectivity index (χ1v) is 12.6. The Balaban J connectivity index is 1.31. The molecule has 0 atom stereocenters. The van der Waals surface area contributed by atoms with Crippen LogP contribution in [0, 0.1) is 0 Å². The fraction of sp³-hybridized carbons (Fsp3) is 0.269. The Morgan fingerprint density at radius 1 is 1.03 bits per heavy atom. The number of nitrogens with zero attached hydrogens (tertiary/aromatic N) is 4. The van der Waals surface area contributed by atoms with Crippen LogP contribution < -0.4 is 15.4 Å². The monoisotopic (exact) mass is 507 g/mol. The van der Waals surface area contributed by atoms with Crippen molar-refractivity contribution in [3.8, 4) is 16.2 Å². The number of rotatable bonds is 5. The Morgan fingerprint density at radius 2 is 1.71 bits per heavy atom. The standard InChI is InChI=1S/C26H26ClN5O2S/c1-26(2,34-19-10-8-18(27)9-11-19)24(33)32-14-12-31(13-15-32)22-20-16-21(17-6-4-3-5-7-17)35-23(20)30-25(28)29-22/h3-11,16H,12-15H2,1-2H3,(H2,28,29,30). The van der Waals surface area contributed by atoms with Crippen LogP contribution in [-0.4, -0.2) is 52.6 Å². The van der Waals surface area contributed by atoms with Crippen molar-refractivity contribution in [1.29, 1.82) is 0 Å². The number of aromatic nitrogens is 2. The van der Waals surface area contributed by atoms with Crippen LogP contribution in [0.1, 0.15) is 13.8 Å². The highest BCUT2D eigenvalue weighted by atomic mass is 35.5. The quantitative estimate of drug-likeness (QED) is 0.404. The lowest BCUT2D eigenvalue weighted by atomic mass is 10.1. The summed E-state index contributed by atoms with van der Waals surface area (Å²) in [5.74, 6) is 1.62. The van der Waals surface area contributed by atoms with Crippen molar-refractivity contribution in [2.45, 2.75) is 19.4 Å². The van der Waals surface area contributed by atoms with Crippen LogP contribution >= 0.6 is 22.9 Å². The number of fused-ring (bicyclic) bond motifs is 1. The van der Waals surface area contributed by atoms with Gasteiger partial charge in [0.2, 0.25) is 5.95 Å². The van der Waals surface area contributed by atoms with Crippen molar-refractivity contribution in [2.24, 2.45) is 0 Å². The number of hydrogen-bond donors (Lipinski definition) is 1. The van der Waals surface area contributed by atoms with Crippen molar-refractivity contribution in [1.82, 2.24) is 14.9 Å². The van der Waals surface area contributed by atoms with Crippen molar-refractivity contribution >= 4 is 50.8 Å². The summed E-state index contributed by atoms with van der Waals surface area (Å²) < 4.78 is 6.00. The average Bonchev–Trinajstić information content (AvgIpc) is 3.29.